The van der Waals surface area contributed by atoms with E-state index in [1.54, 1.807) is 29.2 Å². The van der Waals surface area contributed by atoms with Gasteiger partial charge in [-0.15, -0.1) is 0 Å². The first kappa shape index (κ1) is 26.8. The number of amides is 2. The molecule has 1 saturated heterocycles. The minimum absolute atomic E-state index is 0.00505. The van der Waals surface area contributed by atoms with E-state index in [-0.39, 0.29) is 22.9 Å². The molecule has 0 unspecified atom stereocenters. The molecule has 7 nitrogen and oxygen atoms in total. The molecule has 214 valence electrons. The van der Waals surface area contributed by atoms with E-state index in [1.807, 2.05) is 41.3 Å². The van der Waals surface area contributed by atoms with Gasteiger partial charge in [0.25, 0.3) is 11.5 Å². The van der Waals surface area contributed by atoms with Crippen LogP contribution in [0.1, 0.15) is 45.1 Å². The van der Waals surface area contributed by atoms with Crippen LogP contribution in [0.2, 0.25) is 0 Å². The molecule has 2 aliphatic rings. The molecule has 0 atom stereocenters. The van der Waals surface area contributed by atoms with Crippen LogP contribution in [0.15, 0.2) is 95.8 Å². The molecular weight excluding hydrogens is 543 g/mol. The second kappa shape index (κ2) is 10.9. The van der Waals surface area contributed by atoms with Gasteiger partial charge in [0.05, 0.1) is 16.6 Å². The van der Waals surface area contributed by atoms with E-state index in [1.165, 1.54) is 28.3 Å². The molecule has 1 N–H and O–H groups in total. The first-order valence-electron chi connectivity index (χ1n) is 14.5. The van der Waals surface area contributed by atoms with E-state index >= 15 is 0 Å². The van der Waals surface area contributed by atoms with Gasteiger partial charge < -0.3 is 9.80 Å². The number of hydrogen-bond donors (Lipinski definition) is 1. The number of piperazine rings is 1. The summed E-state index contributed by atoms with van der Waals surface area (Å²) in [5.74, 6) is -0.933. The smallest absolute Gasteiger partial charge is 0.272 e. The van der Waals surface area contributed by atoms with E-state index in [0.29, 0.717) is 61.1 Å². The molecule has 0 radical (unpaired) electrons. The van der Waals surface area contributed by atoms with E-state index in [9.17, 15) is 18.8 Å². The van der Waals surface area contributed by atoms with Crippen molar-refractivity contribution >= 4 is 22.6 Å². The van der Waals surface area contributed by atoms with Crippen molar-refractivity contribution < 1.29 is 14.0 Å². The first-order valence-corrected chi connectivity index (χ1v) is 14.5. The largest absolute Gasteiger partial charge is 0.339 e. The Balaban J connectivity index is 1.03. The zero-order valence-electron chi connectivity index (χ0n) is 23.4. The highest BCUT2D eigenvalue weighted by Gasteiger charge is 2.33. The van der Waals surface area contributed by atoms with Crippen LogP contribution in [0.4, 0.5) is 4.39 Å². The van der Waals surface area contributed by atoms with Gasteiger partial charge in [0, 0.05) is 50.3 Å². The van der Waals surface area contributed by atoms with Gasteiger partial charge in [-0.25, -0.2) is 9.49 Å². The highest BCUT2D eigenvalue weighted by molar-refractivity contribution is 5.95. The number of halogens is 1. The molecule has 2 amide bonds. The number of nitrogens with one attached hydrogen (secondary N) is 1. The lowest BCUT2D eigenvalue weighted by Gasteiger charge is -2.35. The number of carbonyl (C=O) groups is 2. The average Bonchev–Trinajstić information content (AvgIpc) is 3.36. The number of H-pyrrole nitrogens is 1. The van der Waals surface area contributed by atoms with Crippen molar-refractivity contribution in [3.8, 4) is 11.1 Å². The molecule has 8 heteroatoms. The minimum atomic E-state index is -0.592. The van der Waals surface area contributed by atoms with Gasteiger partial charge in [0.1, 0.15) is 5.82 Å². The highest BCUT2D eigenvalue weighted by Crippen LogP contribution is 2.46. The van der Waals surface area contributed by atoms with Crippen LogP contribution in [0, 0.1) is 5.82 Å². The Bertz CT molecular complexity index is 1900. The minimum Gasteiger partial charge on any atom is -0.339 e. The number of nitrogens with zero attached hydrogens (tertiary/aromatic N) is 3. The third kappa shape index (κ3) is 4.88. The van der Waals surface area contributed by atoms with E-state index < -0.39 is 11.7 Å². The second-order valence-corrected chi connectivity index (χ2v) is 11.1. The maximum absolute atomic E-state index is 14.9. The van der Waals surface area contributed by atoms with Crippen molar-refractivity contribution in [2.75, 3.05) is 26.2 Å². The van der Waals surface area contributed by atoms with Crippen molar-refractivity contribution in [2.24, 2.45) is 0 Å². The molecular formula is C35H29FN4O3. The summed E-state index contributed by atoms with van der Waals surface area (Å²) < 4.78 is 14.9. The SMILES string of the molecule is O=C(CC1c2ccccc2-c2ccccc21)N1CCN(C(=O)c2cc(Cc3n[nH]c(=O)c4ccccc34)ccc2F)CC1. The predicted octanol–water partition coefficient (Wildman–Crippen LogP) is 5.14. The van der Waals surface area contributed by atoms with Gasteiger partial charge >= 0.3 is 0 Å². The number of benzene rings is 4. The summed E-state index contributed by atoms with van der Waals surface area (Å²) in [5, 5.41) is 7.98. The topological polar surface area (TPSA) is 86.4 Å². The third-order valence-electron chi connectivity index (χ3n) is 8.67. The molecule has 0 bridgehead atoms. The standard InChI is InChI=1S/C35H29FN4O3/c36-31-14-13-22(20-32-27-11-5-6-12-28(27)34(42)38-37-32)19-30(31)35(43)40-17-15-39(16-18-40)33(41)21-29-25-9-3-1-7-23(25)24-8-2-4-10-26(24)29/h1-14,19,29H,15-18,20-21H2,(H,38,42). The Kier molecular flexibility index (Phi) is 6.81. The van der Waals surface area contributed by atoms with Gasteiger partial charge in [-0.05, 0) is 46.0 Å². The van der Waals surface area contributed by atoms with Crippen LogP contribution < -0.4 is 5.56 Å². The summed E-state index contributed by atoms with van der Waals surface area (Å²) in [6.45, 7) is 1.46. The quantitative estimate of drug-likeness (QED) is 0.316. The fourth-order valence-corrected chi connectivity index (χ4v) is 6.46. The molecule has 7 rings (SSSR count). The lowest BCUT2D eigenvalue weighted by molar-refractivity contribution is -0.132. The zero-order chi connectivity index (χ0) is 29.5. The van der Waals surface area contributed by atoms with Gasteiger partial charge in [-0.3, -0.25) is 14.4 Å². The fourth-order valence-electron chi connectivity index (χ4n) is 6.46. The van der Waals surface area contributed by atoms with Crippen LogP contribution in [0.5, 0.6) is 0 Å². The van der Waals surface area contributed by atoms with Crippen molar-refractivity contribution in [1.82, 2.24) is 20.0 Å². The number of aromatic nitrogens is 2. The van der Waals surface area contributed by atoms with Gasteiger partial charge in [-0.1, -0.05) is 72.8 Å². The summed E-state index contributed by atoms with van der Waals surface area (Å²) in [4.78, 5) is 42.4. The van der Waals surface area contributed by atoms with Gasteiger partial charge in [0.2, 0.25) is 5.91 Å². The second-order valence-electron chi connectivity index (χ2n) is 11.1. The molecule has 4 aromatic carbocycles. The van der Waals surface area contributed by atoms with Crippen molar-refractivity contribution in [3.63, 3.8) is 0 Å². The average molecular weight is 573 g/mol. The summed E-state index contributed by atoms with van der Waals surface area (Å²) in [5.41, 5.74) is 5.77. The van der Waals surface area contributed by atoms with Crippen molar-refractivity contribution in [3.05, 3.63) is 135 Å². The Morgan fingerprint density at radius 3 is 2.09 bits per heavy atom. The van der Waals surface area contributed by atoms with Crippen molar-refractivity contribution in [1.29, 1.82) is 0 Å². The summed E-state index contributed by atoms with van der Waals surface area (Å²) >= 11 is 0. The summed E-state index contributed by atoms with van der Waals surface area (Å²) in [6.07, 6.45) is 0.694. The Hall–Kier alpha value is -5.11. The number of hydrogen-bond acceptors (Lipinski definition) is 4. The monoisotopic (exact) mass is 572 g/mol. The third-order valence-corrected chi connectivity index (χ3v) is 8.67. The molecule has 1 aromatic heterocycles. The van der Waals surface area contributed by atoms with E-state index in [4.69, 9.17) is 0 Å². The Labute approximate surface area is 247 Å². The maximum atomic E-state index is 14.9. The highest BCUT2D eigenvalue weighted by atomic mass is 19.1. The number of fused-ring (bicyclic) bond motifs is 4. The molecule has 5 aromatic rings. The van der Waals surface area contributed by atoms with Crippen LogP contribution in [0.3, 0.4) is 0 Å². The Morgan fingerprint density at radius 1 is 0.791 bits per heavy atom. The predicted molar refractivity (Wildman–Crippen MR) is 162 cm³/mol. The maximum Gasteiger partial charge on any atom is 0.272 e. The molecule has 1 fully saturated rings. The molecule has 2 heterocycles. The molecule has 1 aliphatic carbocycles. The van der Waals surface area contributed by atoms with Crippen LogP contribution in [-0.4, -0.2) is 58.0 Å². The zero-order valence-corrected chi connectivity index (χ0v) is 23.4. The number of rotatable bonds is 5. The van der Waals surface area contributed by atoms with Crippen molar-refractivity contribution in [2.45, 2.75) is 18.8 Å². The molecule has 1 aliphatic heterocycles. The van der Waals surface area contributed by atoms with Crippen LogP contribution >= 0.6 is 0 Å². The van der Waals surface area contributed by atoms with Crippen LogP contribution in [-0.2, 0) is 11.2 Å². The van der Waals surface area contributed by atoms with E-state index in [0.717, 1.165) is 0 Å². The van der Waals surface area contributed by atoms with Gasteiger partial charge in [-0.2, -0.15) is 5.10 Å². The normalized spacial score (nSPS) is 14.5. The van der Waals surface area contributed by atoms with E-state index in [2.05, 4.69) is 34.5 Å². The summed E-state index contributed by atoms with van der Waals surface area (Å²) in [6, 6.07) is 28.2. The van der Waals surface area contributed by atoms with Gasteiger partial charge in [0.15, 0.2) is 0 Å². The fraction of sp³-hybridized carbons (Fsp3) is 0.200. The molecule has 43 heavy (non-hydrogen) atoms. The first-order chi connectivity index (χ1) is 21.0. The lowest BCUT2D eigenvalue weighted by Crippen LogP contribution is -2.51. The number of carbonyl (C=O) groups excluding carboxylic acids is 2. The summed E-state index contributed by atoms with van der Waals surface area (Å²) in [7, 11) is 0. The van der Waals surface area contributed by atoms with Crippen LogP contribution in [0.25, 0.3) is 21.9 Å². The number of aromatic amines is 1. The Morgan fingerprint density at radius 2 is 1.40 bits per heavy atom. The molecule has 0 saturated carbocycles. The lowest BCUT2D eigenvalue weighted by atomic mass is 9.93. The molecule has 0 spiro atoms.